The molecule has 1 saturated heterocycles. The van der Waals surface area contributed by atoms with E-state index in [1.807, 2.05) is 0 Å². The summed E-state index contributed by atoms with van der Waals surface area (Å²) in [4.78, 5) is 27.2. The Morgan fingerprint density at radius 1 is 1.05 bits per heavy atom. The predicted octanol–water partition coefficient (Wildman–Crippen LogP) is 1.98. The van der Waals surface area contributed by atoms with Gasteiger partial charge in [0.15, 0.2) is 0 Å². The SMILES string of the molecule is O=C1C(=O)N(CCCN2CCCC2)c2cc(F)cc(F)c21. The van der Waals surface area contributed by atoms with E-state index in [9.17, 15) is 18.4 Å². The molecule has 0 spiro atoms. The Kier molecular flexibility index (Phi) is 3.71. The van der Waals surface area contributed by atoms with Crippen LogP contribution in [-0.4, -0.2) is 42.8 Å². The summed E-state index contributed by atoms with van der Waals surface area (Å²) >= 11 is 0. The van der Waals surface area contributed by atoms with Gasteiger partial charge in [0.2, 0.25) is 0 Å². The van der Waals surface area contributed by atoms with E-state index in [-0.39, 0.29) is 11.3 Å². The Hall–Kier alpha value is -1.82. The molecule has 2 aliphatic rings. The van der Waals surface area contributed by atoms with Crippen LogP contribution in [-0.2, 0) is 4.79 Å². The second-order valence-corrected chi connectivity index (χ2v) is 5.47. The summed E-state index contributed by atoms with van der Waals surface area (Å²) in [6.07, 6.45) is 3.04. The number of ketones is 1. The zero-order valence-electron chi connectivity index (χ0n) is 11.6. The van der Waals surface area contributed by atoms with Crippen molar-refractivity contribution in [1.82, 2.24) is 4.90 Å². The third kappa shape index (κ3) is 2.55. The number of hydrogen-bond donors (Lipinski definition) is 0. The van der Waals surface area contributed by atoms with Crippen molar-refractivity contribution in [2.24, 2.45) is 0 Å². The van der Waals surface area contributed by atoms with Crippen molar-refractivity contribution < 1.29 is 18.4 Å². The number of anilines is 1. The fourth-order valence-electron chi connectivity index (χ4n) is 3.02. The molecular weight excluding hydrogens is 278 g/mol. The first-order valence-corrected chi connectivity index (χ1v) is 7.15. The number of nitrogens with zero attached hydrogens (tertiary/aromatic N) is 2. The number of hydrogen-bond acceptors (Lipinski definition) is 3. The molecule has 2 aliphatic heterocycles. The number of fused-ring (bicyclic) bond motifs is 1. The maximum absolute atomic E-state index is 13.7. The van der Waals surface area contributed by atoms with Crippen LogP contribution in [0, 0.1) is 11.6 Å². The van der Waals surface area contributed by atoms with Crippen molar-refractivity contribution in [3.05, 3.63) is 29.3 Å². The number of Topliss-reactive ketones (excluding diaryl/α,β-unsaturated/α-hetero) is 1. The molecule has 0 saturated carbocycles. The van der Waals surface area contributed by atoms with E-state index in [0.29, 0.717) is 19.0 Å². The number of amides is 1. The maximum atomic E-state index is 13.7. The normalized spacial score (nSPS) is 18.7. The van der Waals surface area contributed by atoms with Crippen LogP contribution in [0.5, 0.6) is 0 Å². The van der Waals surface area contributed by atoms with Crippen LogP contribution in [0.1, 0.15) is 29.6 Å². The van der Waals surface area contributed by atoms with Gasteiger partial charge in [-0.25, -0.2) is 8.78 Å². The highest BCUT2D eigenvalue weighted by molar-refractivity contribution is 6.52. The molecule has 1 amide bonds. The molecule has 21 heavy (non-hydrogen) atoms. The van der Waals surface area contributed by atoms with E-state index in [1.54, 1.807) is 0 Å². The molecule has 2 heterocycles. The third-order valence-electron chi connectivity index (χ3n) is 4.05. The molecule has 0 bridgehead atoms. The summed E-state index contributed by atoms with van der Waals surface area (Å²) in [7, 11) is 0. The van der Waals surface area contributed by atoms with Gasteiger partial charge in [-0.1, -0.05) is 0 Å². The molecule has 3 rings (SSSR count). The van der Waals surface area contributed by atoms with Crippen LogP contribution < -0.4 is 4.90 Å². The van der Waals surface area contributed by atoms with E-state index in [0.717, 1.165) is 25.7 Å². The molecule has 0 aromatic heterocycles. The minimum Gasteiger partial charge on any atom is -0.304 e. The Balaban J connectivity index is 1.74. The van der Waals surface area contributed by atoms with Gasteiger partial charge < -0.3 is 9.80 Å². The summed E-state index contributed by atoms with van der Waals surface area (Å²) in [5.41, 5.74) is -0.244. The number of benzene rings is 1. The topological polar surface area (TPSA) is 40.6 Å². The molecule has 1 aromatic rings. The van der Waals surface area contributed by atoms with Crippen molar-refractivity contribution in [3.63, 3.8) is 0 Å². The van der Waals surface area contributed by atoms with E-state index >= 15 is 0 Å². The molecular formula is C15H16F2N2O2. The Bertz CT molecular complexity index is 598. The van der Waals surface area contributed by atoms with Crippen LogP contribution in [0.4, 0.5) is 14.5 Å². The summed E-state index contributed by atoms with van der Waals surface area (Å²) < 4.78 is 27.0. The fourth-order valence-corrected chi connectivity index (χ4v) is 3.02. The lowest BCUT2D eigenvalue weighted by Gasteiger charge is -2.19. The lowest BCUT2D eigenvalue weighted by molar-refractivity contribution is -0.114. The van der Waals surface area contributed by atoms with Gasteiger partial charge >= 0.3 is 0 Å². The van der Waals surface area contributed by atoms with Gasteiger partial charge in [0.05, 0.1) is 11.3 Å². The van der Waals surface area contributed by atoms with Crippen molar-refractivity contribution in [3.8, 4) is 0 Å². The second kappa shape index (κ2) is 5.52. The molecule has 0 atom stereocenters. The molecule has 112 valence electrons. The van der Waals surface area contributed by atoms with Crippen molar-refractivity contribution >= 4 is 17.4 Å². The summed E-state index contributed by atoms with van der Waals surface area (Å²) in [5, 5.41) is 0. The van der Waals surface area contributed by atoms with Crippen molar-refractivity contribution in [2.75, 3.05) is 31.1 Å². The van der Waals surface area contributed by atoms with Crippen molar-refractivity contribution in [2.45, 2.75) is 19.3 Å². The highest BCUT2D eigenvalue weighted by atomic mass is 19.1. The molecule has 0 unspecified atom stereocenters. The molecule has 6 heteroatoms. The van der Waals surface area contributed by atoms with Gasteiger partial charge in [-0.2, -0.15) is 0 Å². The van der Waals surface area contributed by atoms with Gasteiger partial charge in [-0.15, -0.1) is 0 Å². The first-order chi connectivity index (χ1) is 10.1. The van der Waals surface area contributed by atoms with Crippen LogP contribution in [0.15, 0.2) is 12.1 Å². The highest BCUT2D eigenvalue weighted by Crippen LogP contribution is 2.32. The Morgan fingerprint density at radius 3 is 2.48 bits per heavy atom. The molecule has 0 N–H and O–H groups in total. The van der Waals surface area contributed by atoms with Crippen LogP contribution in [0.25, 0.3) is 0 Å². The lowest BCUT2D eigenvalue weighted by atomic mass is 10.1. The van der Waals surface area contributed by atoms with E-state index in [2.05, 4.69) is 4.90 Å². The molecule has 1 aromatic carbocycles. The van der Waals surface area contributed by atoms with Gasteiger partial charge in [0.1, 0.15) is 11.6 Å². The number of rotatable bonds is 4. The van der Waals surface area contributed by atoms with E-state index < -0.39 is 23.3 Å². The monoisotopic (exact) mass is 294 g/mol. The highest BCUT2D eigenvalue weighted by Gasteiger charge is 2.38. The third-order valence-corrected chi connectivity index (χ3v) is 4.05. The Labute approximate surface area is 121 Å². The summed E-state index contributed by atoms with van der Waals surface area (Å²) in [6.45, 7) is 3.22. The zero-order chi connectivity index (χ0) is 15.0. The second-order valence-electron chi connectivity index (χ2n) is 5.47. The number of carbonyl (C=O) groups is 2. The predicted molar refractivity (Wildman–Crippen MR) is 73.3 cm³/mol. The molecule has 0 radical (unpaired) electrons. The number of carbonyl (C=O) groups excluding carboxylic acids is 2. The number of likely N-dealkylation sites (tertiary alicyclic amines) is 1. The first kappa shape index (κ1) is 14.1. The van der Waals surface area contributed by atoms with Gasteiger partial charge in [-0.3, -0.25) is 9.59 Å². The average molecular weight is 294 g/mol. The standard InChI is InChI=1S/C15H16F2N2O2/c16-10-8-11(17)13-12(9-10)19(15(21)14(13)20)7-3-6-18-4-1-2-5-18/h8-9H,1-7H2. The molecule has 0 aliphatic carbocycles. The minimum absolute atomic E-state index is 0.0592. The number of halogens is 2. The first-order valence-electron chi connectivity index (χ1n) is 7.15. The largest absolute Gasteiger partial charge is 0.304 e. The summed E-state index contributed by atoms with van der Waals surface area (Å²) in [6, 6.07) is 1.69. The van der Waals surface area contributed by atoms with Gasteiger partial charge in [-0.05, 0) is 45.0 Å². The van der Waals surface area contributed by atoms with Crippen LogP contribution in [0.2, 0.25) is 0 Å². The quantitative estimate of drug-likeness (QED) is 0.797. The van der Waals surface area contributed by atoms with E-state index in [4.69, 9.17) is 0 Å². The Morgan fingerprint density at radius 2 is 1.76 bits per heavy atom. The van der Waals surface area contributed by atoms with Crippen molar-refractivity contribution in [1.29, 1.82) is 0 Å². The van der Waals surface area contributed by atoms with Crippen LogP contribution >= 0.6 is 0 Å². The minimum atomic E-state index is -0.967. The zero-order valence-corrected chi connectivity index (χ0v) is 11.6. The van der Waals surface area contributed by atoms with Gasteiger partial charge in [0.25, 0.3) is 11.7 Å². The van der Waals surface area contributed by atoms with E-state index in [1.165, 1.54) is 17.7 Å². The van der Waals surface area contributed by atoms with Gasteiger partial charge in [0, 0.05) is 12.6 Å². The lowest BCUT2D eigenvalue weighted by Crippen LogP contribution is -2.33. The molecule has 1 fully saturated rings. The molecule has 4 nitrogen and oxygen atoms in total. The summed E-state index contributed by atoms with van der Waals surface area (Å²) in [5.74, 6) is -3.40. The fraction of sp³-hybridized carbons (Fsp3) is 0.467. The smallest absolute Gasteiger partial charge is 0.299 e. The maximum Gasteiger partial charge on any atom is 0.299 e. The van der Waals surface area contributed by atoms with Crippen LogP contribution in [0.3, 0.4) is 0 Å². The average Bonchev–Trinajstić information content (AvgIpc) is 3.01.